The van der Waals surface area contributed by atoms with E-state index in [0.717, 1.165) is 0 Å². The van der Waals surface area contributed by atoms with Gasteiger partial charge in [-0.05, 0) is 17.7 Å². The molecule has 0 aromatic heterocycles. The molecular formula is C9H10N4O. The largest absolute Gasteiger partial charge is 0.352 e. The number of nitrogens with one attached hydrogen (secondary N) is 1. The molecule has 1 rings (SSSR count). The third-order valence-electron chi connectivity index (χ3n) is 1.60. The van der Waals surface area contributed by atoms with Crippen LogP contribution >= 0.6 is 0 Å². The van der Waals surface area contributed by atoms with E-state index in [1.54, 1.807) is 24.3 Å². The third-order valence-corrected chi connectivity index (χ3v) is 1.60. The lowest BCUT2D eigenvalue weighted by atomic mass is 10.2. The molecule has 0 spiro atoms. The van der Waals surface area contributed by atoms with Crippen molar-refractivity contribution in [2.75, 3.05) is 13.1 Å². The highest BCUT2D eigenvalue weighted by Gasteiger charge is 2.01. The summed E-state index contributed by atoms with van der Waals surface area (Å²) in [6.07, 6.45) is 0. The molecule has 0 atom stereocenters. The van der Waals surface area contributed by atoms with Crippen molar-refractivity contribution in [2.45, 2.75) is 0 Å². The number of nitrogens with zero attached hydrogens (tertiary/aromatic N) is 3. The van der Waals surface area contributed by atoms with Crippen LogP contribution in [-0.4, -0.2) is 19.0 Å². The summed E-state index contributed by atoms with van der Waals surface area (Å²) >= 11 is 0. The molecule has 0 saturated heterocycles. The van der Waals surface area contributed by atoms with Crippen molar-refractivity contribution in [3.05, 3.63) is 46.3 Å². The normalized spacial score (nSPS) is 8.86. The Morgan fingerprint density at radius 2 is 2.14 bits per heavy atom. The van der Waals surface area contributed by atoms with Gasteiger partial charge in [-0.25, -0.2) is 0 Å². The first-order chi connectivity index (χ1) is 6.84. The number of amides is 1. The van der Waals surface area contributed by atoms with Crippen LogP contribution in [0.2, 0.25) is 0 Å². The predicted octanol–water partition coefficient (Wildman–Crippen LogP) is 1.73. The Bertz CT molecular complexity index is 343. The average Bonchev–Trinajstić information content (AvgIpc) is 2.25. The molecule has 72 valence electrons. The standard InChI is InChI=1S/C9H10N4O/c10-13-12-7-6-11-9(14)8-4-2-1-3-5-8/h1-5H,6-7H2,(H,11,14). The Hall–Kier alpha value is -2.00. The van der Waals surface area contributed by atoms with Gasteiger partial charge in [-0.15, -0.1) is 0 Å². The van der Waals surface area contributed by atoms with Crippen LogP contribution in [0.15, 0.2) is 35.4 Å². The third kappa shape index (κ3) is 3.16. The lowest BCUT2D eigenvalue weighted by Crippen LogP contribution is -2.25. The first-order valence-corrected chi connectivity index (χ1v) is 4.18. The Balaban J connectivity index is 2.40. The zero-order valence-corrected chi connectivity index (χ0v) is 7.55. The van der Waals surface area contributed by atoms with E-state index < -0.39 is 0 Å². The molecule has 1 aromatic rings. The smallest absolute Gasteiger partial charge is 0.251 e. The summed E-state index contributed by atoms with van der Waals surface area (Å²) in [5, 5.41) is 5.93. The van der Waals surface area contributed by atoms with Crippen molar-refractivity contribution in [1.82, 2.24) is 5.32 Å². The van der Waals surface area contributed by atoms with E-state index in [4.69, 9.17) is 5.53 Å². The lowest BCUT2D eigenvalue weighted by Gasteiger charge is -2.01. The molecular weight excluding hydrogens is 180 g/mol. The first-order valence-electron chi connectivity index (χ1n) is 4.18. The van der Waals surface area contributed by atoms with Crippen molar-refractivity contribution >= 4 is 5.91 Å². The lowest BCUT2D eigenvalue weighted by molar-refractivity contribution is 0.0955. The van der Waals surface area contributed by atoms with Crippen molar-refractivity contribution < 1.29 is 4.79 Å². The van der Waals surface area contributed by atoms with Gasteiger partial charge in [-0.1, -0.05) is 23.3 Å². The van der Waals surface area contributed by atoms with Gasteiger partial charge in [0, 0.05) is 23.6 Å². The van der Waals surface area contributed by atoms with Crippen molar-refractivity contribution in [3.8, 4) is 0 Å². The van der Waals surface area contributed by atoms with E-state index >= 15 is 0 Å². The molecule has 5 nitrogen and oxygen atoms in total. The van der Waals surface area contributed by atoms with Gasteiger partial charge in [0.15, 0.2) is 0 Å². The second-order valence-corrected chi connectivity index (χ2v) is 2.58. The second kappa shape index (κ2) is 5.61. The van der Waals surface area contributed by atoms with Crippen LogP contribution in [-0.2, 0) is 0 Å². The van der Waals surface area contributed by atoms with Crippen LogP contribution in [0.3, 0.4) is 0 Å². The molecule has 0 aliphatic heterocycles. The Labute approximate surface area is 81.4 Å². The van der Waals surface area contributed by atoms with Gasteiger partial charge >= 0.3 is 0 Å². The van der Waals surface area contributed by atoms with E-state index in [9.17, 15) is 4.79 Å². The molecule has 1 N–H and O–H groups in total. The molecule has 0 aliphatic rings. The summed E-state index contributed by atoms with van der Waals surface area (Å²) in [6, 6.07) is 8.88. The fourth-order valence-corrected chi connectivity index (χ4v) is 0.956. The molecule has 0 heterocycles. The number of hydrogen-bond donors (Lipinski definition) is 1. The summed E-state index contributed by atoms with van der Waals surface area (Å²) in [4.78, 5) is 13.9. The summed E-state index contributed by atoms with van der Waals surface area (Å²) in [6.45, 7) is 0.632. The molecule has 0 bridgehead atoms. The minimum absolute atomic E-state index is 0.154. The highest BCUT2D eigenvalue weighted by Crippen LogP contribution is 1.96. The van der Waals surface area contributed by atoms with E-state index in [1.165, 1.54) is 0 Å². The SMILES string of the molecule is [N-]=[N+]=NCCNC(=O)c1ccccc1. The molecule has 14 heavy (non-hydrogen) atoms. The maximum atomic E-state index is 11.4. The van der Waals surface area contributed by atoms with Crippen molar-refractivity contribution in [1.29, 1.82) is 0 Å². The van der Waals surface area contributed by atoms with Crippen LogP contribution in [0.4, 0.5) is 0 Å². The van der Waals surface area contributed by atoms with Crippen molar-refractivity contribution in [2.24, 2.45) is 5.11 Å². The Morgan fingerprint density at radius 1 is 1.43 bits per heavy atom. The van der Waals surface area contributed by atoms with Gasteiger partial charge in [0.25, 0.3) is 5.91 Å². The highest BCUT2D eigenvalue weighted by atomic mass is 16.1. The maximum Gasteiger partial charge on any atom is 0.251 e. The first kappa shape index (κ1) is 10.1. The van der Waals surface area contributed by atoms with Gasteiger partial charge in [0.2, 0.25) is 0 Å². The quantitative estimate of drug-likeness (QED) is 0.333. The van der Waals surface area contributed by atoms with Gasteiger partial charge in [-0.3, -0.25) is 4.79 Å². The number of rotatable bonds is 4. The predicted molar refractivity (Wildman–Crippen MR) is 52.8 cm³/mol. The average molecular weight is 190 g/mol. The highest BCUT2D eigenvalue weighted by molar-refractivity contribution is 5.94. The number of carbonyl (C=O) groups is 1. The summed E-state index contributed by atoms with van der Waals surface area (Å²) in [7, 11) is 0. The zero-order chi connectivity index (χ0) is 10.2. The minimum atomic E-state index is -0.154. The number of carbonyl (C=O) groups excluding carboxylic acids is 1. The fraction of sp³-hybridized carbons (Fsp3) is 0.222. The van der Waals surface area contributed by atoms with E-state index in [1.807, 2.05) is 6.07 Å². The van der Waals surface area contributed by atoms with Gasteiger partial charge in [0.05, 0.1) is 0 Å². The number of hydrogen-bond acceptors (Lipinski definition) is 2. The molecule has 0 aliphatic carbocycles. The van der Waals surface area contributed by atoms with E-state index in [-0.39, 0.29) is 12.5 Å². The summed E-state index contributed by atoms with van der Waals surface area (Å²) < 4.78 is 0. The Kier molecular flexibility index (Phi) is 4.04. The van der Waals surface area contributed by atoms with Crippen LogP contribution in [0.5, 0.6) is 0 Å². The monoisotopic (exact) mass is 190 g/mol. The maximum absolute atomic E-state index is 11.4. The van der Waals surface area contributed by atoms with Gasteiger partial charge in [-0.2, -0.15) is 0 Å². The summed E-state index contributed by atoms with van der Waals surface area (Å²) in [5.74, 6) is -0.154. The van der Waals surface area contributed by atoms with Crippen LogP contribution < -0.4 is 5.32 Å². The van der Waals surface area contributed by atoms with E-state index in [2.05, 4.69) is 15.3 Å². The van der Waals surface area contributed by atoms with Gasteiger partial charge < -0.3 is 5.32 Å². The molecule has 5 heteroatoms. The molecule has 0 radical (unpaired) electrons. The second-order valence-electron chi connectivity index (χ2n) is 2.58. The molecule has 0 saturated carbocycles. The van der Waals surface area contributed by atoms with Crippen LogP contribution in [0, 0.1) is 0 Å². The Morgan fingerprint density at radius 3 is 2.79 bits per heavy atom. The molecule has 0 unspecified atom stereocenters. The molecule has 0 fully saturated rings. The number of benzene rings is 1. The minimum Gasteiger partial charge on any atom is -0.352 e. The zero-order valence-electron chi connectivity index (χ0n) is 7.55. The molecule has 1 amide bonds. The summed E-state index contributed by atoms with van der Waals surface area (Å²) in [5.41, 5.74) is 8.60. The van der Waals surface area contributed by atoms with Crippen molar-refractivity contribution in [3.63, 3.8) is 0 Å². The fourth-order valence-electron chi connectivity index (χ4n) is 0.956. The van der Waals surface area contributed by atoms with E-state index in [0.29, 0.717) is 12.1 Å². The topological polar surface area (TPSA) is 77.9 Å². The molecule has 1 aromatic carbocycles. The van der Waals surface area contributed by atoms with Crippen LogP contribution in [0.25, 0.3) is 10.4 Å². The number of azide groups is 1. The van der Waals surface area contributed by atoms with Gasteiger partial charge in [0.1, 0.15) is 0 Å². The van der Waals surface area contributed by atoms with Crippen LogP contribution in [0.1, 0.15) is 10.4 Å².